The van der Waals surface area contributed by atoms with Gasteiger partial charge in [0.25, 0.3) is 0 Å². The minimum absolute atomic E-state index is 0.317. The summed E-state index contributed by atoms with van der Waals surface area (Å²) in [6.45, 7) is 9.03. The van der Waals surface area contributed by atoms with Crippen LogP contribution in [0.2, 0.25) is 5.02 Å². The monoisotopic (exact) mass is 430 g/mol. The number of amides is 1. The van der Waals surface area contributed by atoms with E-state index in [1.807, 2.05) is 0 Å². The summed E-state index contributed by atoms with van der Waals surface area (Å²) >= 11 is 6.05. The zero-order valence-electron chi connectivity index (χ0n) is 17.1. The van der Waals surface area contributed by atoms with E-state index in [4.69, 9.17) is 11.6 Å². The van der Waals surface area contributed by atoms with Crippen LogP contribution in [0.1, 0.15) is 18.9 Å². The van der Waals surface area contributed by atoms with Gasteiger partial charge in [-0.2, -0.15) is 0 Å². The summed E-state index contributed by atoms with van der Waals surface area (Å²) in [5, 5.41) is 3.30. The Hall–Kier alpha value is -1.35. The van der Waals surface area contributed by atoms with Gasteiger partial charge in [0, 0.05) is 37.7 Å². The number of rotatable bonds is 8. The number of aryl methyl sites for hydroxylation is 1. The largest absolute Gasteiger partial charge is 0.354 e. The highest BCUT2D eigenvalue weighted by Crippen LogP contribution is 2.28. The summed E-state index contributed by atoms with van der Waals surface area (Å²) in [6.07, 6.45) is 1.93. The molecule has 1 atom stereocenters. The van der Waals surface area contributed by atoms with Crippen LogP contribution in [0, 0.1) is 6.92 Å². The van der Waals surface area contributed by atoms with E-state index < -0.39 is 16.1 Å². The van der Waals surface area contributed by atoms with Gasteiger partial charge in [0.15, 0.2) is 0 Å². The van der Waals surface area contributed by atoms with Crippen molar-refractivity contribution in [3.8, 4) is 0 Å². The maximum atomic E-state index is 12.6. The SMILES string of the molecule is Cc1ccc(Cl)cc1N(C(C)C(=O)NCCCN1CCN(C)CC1)S(C)(=O)=O. The van der Waals surface area contributed by atoms with E-state index in [0.717, 1.165) is 55.3 Å². The molecule has 1 aliphatic heterocycles. The molecule has 0 radical (unpaired) electrons. The van der Waals surface area contributed by atoms with Crippen LogP contribution in [0.15, 0.2) is 18.2 Å². The summed E-state index contributed by atoms with van der Waals surface area (Å²) in [5.41, 5.74) is 1.17. The van der Waals surface area contributed by atoms with Crippen molar-refractivity contribution >= 4 is 33.2 Å². The maximum absolute atomic E-state index is 12.6. The molecule has 1 unspecified atom stereocenters. The third-order valence-corrected chi connectivity index (χ3v) is 6.51. The average molecular weight is 431 g/mol. The Morgan fingerprint density at radius 1 is 1.29 bits per heavy atom. The number of piperazine rings is 1. The molecule has 1 heterocycles. The number of hydrogen-bond acceptors (Lipinski definition) is 5. The van der Waals surface area contributed by atoms with Crippen molar-refractivity contribution in [2.24, 2.45) is 0 Å². The normalized spacial score (nSPS) is 17.3. The van der Waals surface area contributed by atoms with Crippen LogP contribution in [0.25, 0.3) is 0 Å². The second kappa shape index (κ2) is 9.91. The predicted octanol–water partition coefficient (Wildman–Crippen LogP) is 1.56. The third kappa shape index (κ3) is 6.34. The molecule has 1 aliphatic rings. The van der Waals surface area contributed by atoms with Gasteiger partial charge in [-0.1, -0.05) is 17.7 Å². The quantitative estimate of drug-likeness (QED) is 0.633. The Balaban J connectivity index is 1.95. The van der Waals surface area contributed by atoms with Crippen molar-refractivity contribution in [1.29, 1.82) is 0 Å². The van der Waals surface area contributed by atoms with Crippen LogP contribution < -0.4 is 9.62 Å². The first kappa shape index (κ1) is 22.9. The molecule has 0 saturated carbocycles. The van der Waals surface area contributed by atoms with Crippen molar-refractivity contribution in [2.45, 2.75) is 26.3 Å². The molecule has 7 nitrogen and oxygen atoms in total. The standard InChI is InChI=1S/C19H31ClN4O3S/c1-15-6-7-17(20)14-18(15)24(28(4,26)27)16(2)19(25)21-8-5-9-23-12-10-22(3)11-13-23/h6-7,14,16H,5,8-13H2,1-4H3,(H,21,25). The van der Waals surface area contributed by atoms with Crippen molar-refractivity contribution in [3.63, 3.8) is 0 Å². The van der Waals surface area contributed by atoms with Crippen LogP contribution in [0.4, 0.5) is 5.69 Å². The molecule has 28 heavy (non-hydrogen) atoms. The molecular formula is C19H31ClN4O3S. The Morgan fingerprint density at radius 2 is 1.93 bits per heavy atom. The Labute approximate surface area is 173 Å². The molecule has 1 aromatic rings. The topological polar surface area (TPSA) is 73.0 Å². The zero-order valence-corrected chi connectivity index (χ0v) is 18.7. The Bertz CT molecular complexity index is 779. The van der Waals surface area contributed by atoms with E-state index >= 15 is 0 Å². The first-order valence-corrected chi connectivity index (χ1v) is 11.8. The van der Waals surface area contributed by atoms with E-state index in [-0.39, 0.29) is 5.91 Å². The van der Waals surface area contributed by atoms with Crippen molar-refractivity contribution < 1.29 is 13.2 Å². The fraction of sp³-hybridized carbons (Fsp3) is 0.632. The third-order valence-electron chi connectivity index (χ3n) is 5.04. The maximum Gasteiger partial charge on any atom is 0.243 e. The number of hydrogen-bond donors (Lipinski definition) is 1. The number of carbonyl (C=O) groups is 1. The molecule has 1 aromatic carbocycles. The lowest BCUT2D eigenvalue weighted by Gasteiger charge is -2.32. The number of benzene rings is 1. The van der Waals surface area contributed by atoms with E-state index in [0.29, 0.717) is 17.3 Å². The fourth-order valence-electron chi connectivity index (χ4n) is 3.33. The lowest BCUT2D eigenvalue weighted by Crippen LogP contribution is -2.49. The number of anilines is 1. The first-order valence-electron chi connectivity index (χ1n) is 9.54. The van der Waals surface area contributed by atoms with Crippen molar-refractivity contribution in [1.82, 2.24) is 15.1 Å². The van der Waals surface area contributed by atoms with E-state index in [1.165, 1.54) is 0 Å². The molecule has 2 rings (SSSR count). The highest BCUT2D eigenvalue weighted by Gasteiger charge is 2.30. The van der Waals surface area contributed by atoms with Gasteiger partial charge in [-0.05, 0) is 51.6 Å². The van der Waals surface area contributed by atoms with Gasteiger partial charge in [-0.25, -0.2) is 8.42 Å². The molecule has 0 spiro atoms. The van der Waals surface area contributed by atoms with Crippen LogP contribution in [-0.2, 0) is 14.8 Å². The Morgan fingerprint density at radius 3 is 2.54 bits per heavy atom. The van der Waals surface area contributed by atoms with E-state index in [1.54, 1.807) is 32.0 Å². The average Bonchev–Trinajstić information content (AvgIpc) is 2.62. The molecule has 0 aliphatic carbocycles. The molecule has 0 bridgehead atoms. The van der Waals surface area contributed by atoms with Crippen LogP contribution >= 0.6 is 11.6 Å². The van der Waals surface area contributed by atoms with Crippen LogP contribution in [-0.4, -0.2) is 82.7 Å². The van der Waals surface area contributed by atoms with Gasteiger partial charge < -0.3 is 15.1 Å². The van der Waals surface area contributed by atoms with E-state index in [9.17, 15) is 13.2 Å². The number of nitrogens with zero attached hydrogens (tertiary/aromatic N) is 3. The lowest BCUT2D eigenvalue weighted by molar-refractivity contribution is -0.121. The molecule has 9 heteroatoms. The number of likely N-dealkylation sites (N-methyl/N-ethyl adjacent to an activating group) is 1. The van der Waals surface area contributed by atoms with Crippen LogP contribution in [0.5, 0.6) is 0 Å². The van der Waals surface area contributed by atoms with Crippen molar-refractivity contribution in [3.05, 3.63) is 28.8 Å². The number of carbonyl (C=O) groups excluding carboxylic acids is 1. The smallest absolute Gasteiger partial charge is 0.243 e. The number of halogens is 1. The van der Waals surface area contributed by atoms with Gasteiger partial charge in [0.2, 0.25) is 15.9 Å². The minimum Gasteiger partial charge on any atom is -0.354 e. The van der Waals surface area contributed by atoms with Crippen molar-refractivity contribution in [2.75, 3.05) is 56.9 Å². The second-order valence-electron chi connectivity index (χ2n) is 7.46. The zero-order chi connectivity index (χ0) is 20.9. The van der Waals surface area contributed by atoms with Gasteiger partial charge in [-0.3, -0.25) is 9.10 Å². The summed E-state index contributed by atoms with van der Waals surface area (Å²) in [6, 6.07) is 4.16. The number of nitrogens with one attached hydrogen (secondary N) is 1. The molecule has 158 valence electrons. The highest BCUT2D eigenvalue weighted by atomic mass is 35.5. The van der Waals surface area contributed by atoms with Gasteiger partial charge in [-0.15, -0.1) is 0 Å². The summed E-state index contributed by atoms with van der Waals surface area (Å²) in [5.74, 6) is -0.317. The molecule has 1 amide bonds. The highest BCUT2D eigenvalue weighted by molar-refractivity contribution is 7.92. The second-order valence-corrected chi connectivity index (χ2v) is 9.75. The van der Waals surface area contributed by atoms with Crippen LogP contribution in [0.3, 0.4) is 0 Å². The molecular weight excluding hydrogens is 400 g/mol. The summed E-state index contributed by atoms with van der Waals surface area (Å²) in [7, 11) is -1.53. The van der Waals surface area contributed by atoms with Gasteiger partial charge >= 0.3 is 0 Å². The molecule has 1 fully saturated rings. The summed E-state index contributed by atoms with van der Waals surface area (Å²) in [4.78, 5) is 17.3. The lowest BCUT2D eigenvalue weighted by atomic mass is 10.1. The molecule has 1 N–H and O–H groups in total. The minimum atomic E-state index is -3.65. The first-order chi connectivity index (χ1) is 13.1. The van der Waals surface area contributed by atoms with Gasteiger partial charge in [0.1, 0.15) is 6.04 Å². The molecule has 1 saturated heterocycles. The number of sulfonamides is 1. The predicted molar refractivity (Wildman–Crippen MR) is 115 cm³/mol. The summed E-state index contributed by atoms with van der Waals surface area (Å²) < 4.78 is 25.9. The van der Waals surface area contributed by atoms with Gasteiger partial charge in [0.05, 0.1) is 11.9 Å². The fourth-order valence-corrected chi connectivity index (χ4v) is 4.72. The Kier molecular flexibility index (Phi) is 8.12. The van der Waals surface area contributed by atoms with E-state index in [2.05, 4.69) is 22.2 Å². The molecule has 0 aromatic heterocycles.